The predicted molar refractivity (Wildman–Crippen MR) is 180 cm³/mol. The van der Waals surface area contributed by atoms with Crippen molar-refractivity contribution in [2.75, 3.05) is 52.5 Å². The zero-order valence-electron chi connectivity index (χ0n) is 28.0. The number of likely N-dealkylation sites (N-methyl/N-ethyl adjacent to an activating group) is 2. The molecule has 0 saturated carbocycles. The molecule has 8 heteroatoms. The number of ether oxygens (including phenoxy) is 2. The first-order valence-electron chi connectivity index (χ1n) is 16.0. The lowest BCUT2D eigenvalue weighted by atomic mass is 9.95. The molecule has 0 atom stereocenters. The molecule has 0 unspecified atom stereocenters. The Hall–Kier alpha value is -3.33. The van der Waals surface area contributed by atoms with Crippen LogP contribution < -0.4 is 14.9 Å². The van der Waals surface area contributed by atoms with Crippen molar-refractivity contribution in [1.82, 2.24) is 9.80 Å². The van der Waals surface area contributed by atoms with Gasteiger partial charge in [-0.05, 0) is 72.3 Å². The Labute approximate surface area is 262 Å². The Morgan fingerprint density at radius 2 is 1.20 bits per heavy atom. The van der Waals surface area contributed by atoms with E-state index in [9.17, 15) is 15.0 Å². The van der Waals surface area contributed by atoms with Crippen LogP contribution in [0.3, 0.4) is 0 Å². The van der Waals surface area contributed by atoms with Gasteiger partial charge in [0.05, 0.1) is 12.0 Å². The van der Waals surface area contributed by atoms with Gasteiger partial charge in [0, 0.05) is 36.3 Å². The van der Waals surface area contributed by atoms with Crippen LogP contribution in [0, 0.1) is 0 Å². The summed E-state index contributed by atoms with van der Waals surface area (Å²) >= 11 is 0. The fourth-order valence-corrected chi connectivity index (χ4v) is 5.38. The van der Waals surface area contributed by atoms with E-state index in [1.807, 2.05) is 39.8 Å². The maximum atomic E-state index is 14.3. The molecular formula is C36H52N2O6. The summed E-state index contributed by atoms with van der Waals surface area (Å²) in [5.74, 6) is 0.855. The maximum Gasteiger partial charge on any atom is 0.204 e. The van der Waals surface area contributed by atoms with Crippen LogP contribution in [0.2, 0.25) is 0 Å². The van der Waals surface area contributed by atoms with Gasteiger partial charge in [0.2, 0.25) is 5.43 Å². The summed E-state index contributed by atoms with van der Waals surface area (Å²) in [6.07, 6.45) is 4.85. The minimum atomic E-state index is -0.339. The van der Waals surface area contributed by atoms with Gasteiger partial charge in [-0.25, -0.2) is 0 Å². The van der Waals surface area contributed by atoms with E-state index in [0.29, 0.717) is 65.2 Å². The lowest BCUT2D eigenvalue weighted by Crippen LogP contribution is -2.28. The molecule has 8 nitrogen and oxygen atoms in total. The molecular weight excluding hydrogens is 556 g/mol. The molecule has 0 aliphatic heterocycles. The summed E-state index contributed by atoms with van der Waals surface area (Å²) in [6, 6.07) is 3.42. The van der Waals surface area contributed by atoms with E-state index < -0.39 is 0 Å². The normalized spacial score (nSPS) is 11.5. The van der Waals surface area contributed by atoms with Crippen LogP contribution in [-0.2, 0) is 19.4 Å². The zero-order chi connectivity index (χ0) is 32.4. The summed E-state index contributed by atoms with van der Waals surface area (Å²) < 4.78 is 18.8. The number of aliphatic hydroxyl groups is 1. The molecule has 0 fully saturated rings. The van der Waals surface area contributed by atoms with Crippen LogP contribution in [-0.4, -0.2) is 72.5 Å². The first kappa shape index (κ1) is 35.2. The third kappa shape index (κ3) is 8.43. The van der Waals surface area contributed by atoms with E-state index in [-0.39, 0.29) is 28.8 Å². The monoisotopic (exact) mass is 608 g/mol. The van der Waals surface area contributed by atoms with E-state index in [1.165, 1.54) is 0 Å². The van der Waals surface area contributed by atoms with Crippen LogP contribution in [0.4, 0.5) is 0 Å². The van der Waals surface area contributed by atoms with Crippen LogP contribution in [0.15, 0.2) is 44.6 Å². The number of hydrogen-bond donors (Lipinski definition) is 2. The number of hydrogen-bond acceptors (Lipinski definition) is 8. The largest absolute Gasteiger partial charge is 0.507 e. The van der Waals surface area contributed by atoms with Gasteiger partial charge >= 0.3 is 0 Å². The Kier molecular flexibility index (Phi) is 13.3. The van der Waals surface area contributed by atoms with Gasteiger partial charge in [0.25, 0.3) is 0 Å². The first-order chi connectivity index (χ1) is 21.1. The van der Waals surface area contributed by atoms with Gasteiger partial charge in [-0.3, -0.25) is 4.79 Å². The number of allylic oxidation sites excluding steroid dienone is 4. The van der Waals surface area contributed by atoms with Crippen molar-refractivity contribution < 1.29 is 24.1 Å². The molecule has 242 valence electrons. The Bertz CT molecular complexity index is 1520. The Morgan fingerprint density at radius 1 is 0.750 bits per heavy atom. The minimum Gasteiger partial charge on any atom is -0.507 e. The van der Waals surface area contributed by atoms with E-state index >= 15 is 0 Å². The number of rotatable bonds is 17. The van der Waals surface area contributed by atoms with E-state index in [0.717, 1.165) is 50.4 Å². The molecule has 1 aromatic heterocycles. The minimum absolute atomic E-state index is 0.114. The van der Waals surface area contributed by atoms with Crippen molar-refractivity contribution in [3.63, 3.8) is 0 Å². The highest BCUT2D eigenvalue weighted by Crippen LogP contribution is 2.39. The van der Waals surface area contributed by atoms with Crippen molar-refractivity contribution in [1.29, 1.82) is 0 Å². The van der Waals surface area contributed by atoms with E-state index in [4.69, 9.17) is 13.9 Å². The van der Waals surface area contributed by atoms with E-state index in [1.54, 1.807) is 12.1 Å². The molecule has 0 aliphatic rings. The summed E-state index contributed by atoms with van der Waals surface area (Å²) in [4.78, 5) is 18.8. The predicted octanol–water partition coefficient (Wildman–Crippen LogP) is 6.60. The number of aromatic hydroxyl groups is 1. The highest BCUT2D eigenvalue weighted by Gasteiger charge is 2.24. The molecule has 0 saturated heterocycles. The van der Waals surface area contributed by atoms with Crippen molar-refractivity contribution >= 4 is 21.9 Å². The lowest BCUT2D eigenvalue weighted by Gasteiger charge is -2.21. The Balaban J connectivity index is 2.27. The molecule has 3 aromatic rings. The second kappa shape index (κ2) is 16.7. The van der Waals surface area contributed by atoms with Crippen LogP contribution in [0.1, 0.15) is 72.1 Å². The van der Waals surface area contributed by atoms with Crippen molar-refractivity contribution in [3.05, 3.63) is 62.3 Å². The standard InChI is InChI=1S/C36H52N2O6/c1-9-37(10-2)17-19-42-29-21-32-34(35(40)27(29)16-14-25(7)8)36(41)33-26(15-13-24(5)6)28(23-39)30(22-31(33)44-32)43-20-18-38(11-3)12-4/h13-14,21-22,39-40H,9-12,15-20,23H2,1-8H3. The van der Waals surface area contributed by atoms with Gasteiger partial charge in [-0.15, -0.1) is 0 Å². The highest BCUT2D eigenvalue weighted by atomic mass is 16.5. The quantitative estimate of drug-likeness (QED) is 0.131. The van der Waals surface area contributed by atoms with Crippen molar-refractivity contribution in [2.45, 2.75) is 74.8 Å². The molecule has 0 aliphatic carbocycles. The van der Waals surface area contributed by atoms with Gasteiger partial charge in [0.15, 0.2) is 0 Å². The molecule has 2 aromatic carbocycles. The molecule has 3 rings (SSSR count). The van der Waals surface area contributed by atoms with Crippen LogP contribution in [0.25, 0.3) is 21.9 Å². The average Bonchev–Trinajstić information content (AvgIpc) is 2.99. The molecule has 0 spiro atoms. The Morgan fingerprint density at radius 3 is 1.66 bits per heavy atom. The number of aliphatic hydroxyl groups excluding tert-OH is 1. The smallest absolute Gasteiger partial charge is 0.204 e. The summed E-state index contributed by atoms with van der Waals surface area (Å²) in [7, 11) is 0. The van der Waals surface area contributed by atoms with Gasteiger partial charge in [-0.1, -0.05) is 51.0 Å². The zero-order valence-corrected chi connectivity index (χ0v) is 28.0. The lowest BCUT2D eigenvalue weighted by molar-refractivity contribution is 0.215. The van der Waals surface area contributed by atoms with Crippen LogP contribution >= 0.6 is 0 Å². The average molecular weight is 609 g/mol. The van der Waals surface area contributed by atoms with Crippen molar-refractivity contribution in [3.8, 4) is 17.2 Å². The number of benzene rings is 2. The fourth-order valence-electron chi connectivity index (χ4n) is 5.38. The summed E-state index contributed by atoms with van der Waals surface area (Å²) in [5.41, 5.74) is 4.18. The van der Waals surface area contributed by atoms with E-state index in [2.05, 4.69) is 37.5 Å². The first-order valence-corrected chi connectivity index (χ1v) is 16.0. The topological polar surface area (TPSA) is 95.6 Å². The fraction of sp³-hybridized carbons (Fsp3) is 0.528. The third-order valence-corrected chi connectivity index (χ3v) is 8.18. The number of nitrogens with zero attached hydrogens (tertiary/aromatic N) is 2. The third-order valence-electron chi connectivity index (χ3n) is 8.18. The summed E-state index contributed by atoms with van der Waals surface area (Å²) in [6.45, 7) is 22.1. The maximum absolute atomic E-state index is 14.3. The number of fused-ring (bicyclic) bond motifs is 2. The van der Waals surface area contributed by atoms with Gasteiger partial charge in [0.1, 0.15) is 47.0 Å². The van der Waals surface area contributed by atoms with Crippen LogP contribution in [0.5, 0.6) is 17.2 Å². The second-order valence-corrected chi connectivity index (χ2v) is 11.6. The molecule has 0 bridgehead atoms. The summed E-state index contributed by atoms with van der Waals surface area (Å²) in [5, 5.41) is 22.6. The molecule has 2 N–H and O–H groups in total. The number of phenolic OH excluding ortho intramolecular Hbond substituents is 1. The second-order valence-electron chi connectivity index (χ2n) is 11.6. The SMILES string of the molecule is CCN(CC)CCOc1cc2oc3cc(OCCN(CC)CC)c(CO)c(CC=C(C)C)c3c(=O)c2c(O)c1CC=C(C)C. The molecule has 1 heterocycles. The van der Waals surface area contributed by atoms with Gasteiger partial charge < -0.3 is 33.9 Å². The van der Waals surface area contributed by atoms with Gasteiger partial charge in [-0.2, -0.15) is 0 Å². The molecule has 0 radical (unpaired) electrons. The molecule has 44 heavy (non-hydrogen) atoms. The molecule has 0 amide bonds. The highest BCUT2D eigenvalue weighted by molar-refractivity contribution is 5.97. The number of phenols is 1. The van der Waals surface area contributed by atoms with Crippen molar-refractivity contribution in [2.24, 2.45) is 0 Å².